The average Bonchev–Trinajstić information content (AvgIpc) is 2.47. The molecule has 0 amide bonds. The molecule has 1 aromatic heterocycles. The van der Waals surface area contributed by atoms with Crippen LogP contribution in [0.15, 0.2) is 28.9 Å². The van der Waals surface area contributed by atoms with Crippen molar-refractivity contribution in [2.75, 3.05) is 0 Å². The van der Waals surface area contributed by atoms with Crippen LogP contribution in [-0.4, -0.2) is 10.1 Å². The van der Waals surface area contributed by atoms with E-state index >= 15 is 0 Å². The lowest BCUT2D eigenvalue weighted by Gasteiger charge is -2.19. The number of hydrogen-bond acceptors (Lipinski definition) is 1. The maximum atomic E-state index is 10.00. The van der Waals surface area contributed by atoms with E-state index in [1.54, 1.807) is 13.8 Å². The van der Waals surface area contributed by atoms with Crippen LogP contribution in [0.2, 0.25) is 0 Å². The van der Waals surface area contributed by atoms with Crippen LogP contribution in [0.3, 0.4) is 0 Å². The van der Waals surface area contributed by atoms with Crippen LogP contribution in [0.1, 0.15) is 19.4 Å². The first-order valence-corrected chi connectivity index (χ1v) is 5.27. The van der Waals surface area contributed by atoms with Gasteiger partial charge in [-0.25, -0.2) is 0 Å². The van der Waals surface area contributed by atoms with Gasteiger partial charge in [-0.1, -0.05) is 15.9 Å². The summed E-state index contributed by atoms with van der Waals surface area (Å²) in [5.41, 5.74) is 1.16. The van der Waals surface area contributed by atoms with E-state index in [9.17, 15) is 5.11 Å². The Kier molecular flexibility index (Phi) is 2.16. The van der Waals surface area contributed by atoms with E-state index in [0.717, 1.165) is 20.9 Å². The Morgan fingerprint density at radius 1 is 1.36 bits per heavy atom. The molecular weight excluding hydrogens is 242 g/mol. The zero-order valence-corrected chi connectivity index (χ0v) is 9.72. The van der Waals surface area contributed by atoms with Gasteiger partial charge in [0.2, 0.25) is 0 Å². The predicted molar refractivity (Wildman–Crippen MR) is 61.2 cm³/mol. The van der Waals surface area contributed by atoms with E-state index in [1.807, 2.05) is 24.4 Å². The minimum Gasteiger partial charge on any atom is -0.386 e. The largest absolute Gasteiger partial charge is 0.386 e. The van der Waals surface area contributed by atoms with E-state index in [0.29, 0.717) is 0 Å². The van der Waals surface area contributed by atoms with Gasteiger partial charge in [-0.2, -0.15) is 0 Å². The topological polar surface area (TPSA) is 36.0 Å². The van der Waals surface area contributed by atoms with Crippen molar-refractivity contribution >= 4 is 26.8 Å². The molecule has 0 spiro atoms. The minimum absolute atomic E-state index is 0.815. The fourth-order valence-corrected chi connectivity index (χ4v) is 2.10. The average molecular weight is 254 g/mol. The Morgan fingerprint density at radius 2 is 2.07 bits per heavy atom. The number of benzene rings is 1. The molecule has 0 aliphatic carbocycles. The maximum Gasteiger partial charge on any atom is 0.0847 e. The van der Waals surface area contributed by atoms with Crippen LogP contribution < -0.4 is 0 Å². The molecule has 3 heteroatoms. The lowest BCUT2D eigenvalue weighted by Crippen LogP contribution is -2.15. The molecule has 1 heterocycles. The van der Waals surface area contributed by atoms with Crippen molar-refractivity contribution in [3.8, 4) is 0 Å². The molecule has 0 aliphatic rings. The van der Waals surface area contributed by atoms with Gasteiger partial charge in [0.15, 0.2) is 0 Å². The Hall–Kier alpha value is -0.800. The van der Waals surface area contributed by atoms with Crippen molar-refractivity contribution in [1.29, 1.82) is 0 Å². The Labute approximate surface area is 91.1 Å². The Morgan fingerprint density at radius 3 is 2.71 bits per heavy atom. The molecule has 0 atom stereocenters. The van der Waals surface area contributed by atoms with Crippen molar-refractivity contribution in [2.45, 2.75) is 19.4 Å². The van der Waals surface area contributed by atoms with Gasteiger partial charge in [0, 0.05) is 21.6 Å². The molecule has 14 heavy (non-hydrogen) atoms. The highest BCUT2D eigenvalue weighted by atomic mass is 79.9. The summed E-state index contributed by atoms with van der Waals surface area (Å²) >= 11 is 3.43. The summed E-state index contributed by atoms with van der Waals surface area (Å²) < 4.78 is 0.976. The van der Waals surface area contributed by atoms with E-state index < -0.39 is 5.60 Å². The Balaban J connectivity index is 2.80. The fraction of sp³-hybridized carbons (Fsp3) is 0.273. The number of aliphatic hydroxyl groups is 1. The molecule has 0 aliphatic heterocycles. The van der Waals surface area contributed by atoms with Gasteiger partial charge in [0.25, 0.3) is 0 Å². The van der Waals surface area contributed by atoms with Crippen molar-refractivity contribution in [2.24, 2.45) is 0 Å². The first-order valence-electron chi connectivity index (χ1n) is 4.48. The molecule has 0 unspecified atom stereocenters. The highest BCUT2D eigenvalue weighted by Gasteiger charge is 2.19. The van der Waals surface area contributed by atoms with Crippen LogP contribution in [0, 0.1) is 0 Å². The van der Waals surface area contributed by atoms with Gasteiger partial charge >= 0.3 is 0 Å². The number of fused-ring (bicyclic) bond motifs is 1. The third-order valence-electron chi connectivity index (χ3n) is 2.29. The van der Waals surface area contributed by atoms with Crippen LogP contribution in [0.5, 0.6) is 0 Å². The third kappa shape index (κ3) is 1.57. The number of H-pyrrole nitrogens is 1. The second-order valence-corrected chi connectivity index (χ2v) is 4.87. The molecule has 0 fully saturated rings. The minimum atomic E-state index is -0.815. The van der Waals surface area contributed by atoms with Crippen molar-refractivity contribution in [3.63, 3.8) is 0 Å². The van der Waals surface area contributed by atoms with Crippen LogP contribution >= 0.6 is 15.9 Å². The van der Waals surface area contributed by atoms with Gasteiger partial charge in [-0.3, -0.25) is 0 Å². The lowest BCUT2D eigenvalue weighted by atomic mass is 9.95. The molecule has 2 rings (SSSR count). The van der Waals surface area contributed by atoms with Crippen molar-refractivity contribution in [1.82, 2.24) is 4.98 Å². The summed E-state index contributed by atoms with van der Waals surface area (Å²) in [5, 5.41) is 11.1. The quantitative estimate of drug-likeness (QED) is 0.805. The molecule has 2 N–H and O–H groups in total. The summed E-state index contributed by atoms with van der Waals surface area (Å²) in [7, 11) is 0. The van der Waals surface area contributed by atoms with Crippen molar-refractivity contribution in [3.05, 3.63) is 34.4 Å². The summed E-state index contributed by atoms with van der Waals surface area (Å²) in [6.45, 7) is 3.59. The number of aromatic nitrogens is 1. The van der Waals surface area contributed by atoms with E-state index in [1.165, 1.54) is 0 Å². The van der Waals surface area contributed by atoms with Crippen LogP contribution in [-0.2, 0) is 5.60 Å². The van der Waals surface area contributed by atoms with Crippen LogP contribution in [0.4, 0.5) is 0 Å². The standard InChI is InChI=1S/C11H12BrNO/c1-11(2,14)9-5-7(12)6-10-8(9)3-4-13-10/h3-6,13-14H,1-2H3. The molecule has 2 nitrogen and oxygen atoms in total. The van der Waals surface area contributed by atoms with Gasteiger partial charge in [0.1, 0.15) is 0 Å². The van der Waals surface area contributed by atoms with E-state index in [-0.39, 0.29) is 0 Å². The highest BCUT2D eigenvalue weighted by molar-refractivity contribution is 9.10. The molecule has 0 saturated heterocycles. The fourth-order valence-electron chi connectivity index (χ4n) is 1.64. The van der Waals surface area contributed by atoms with E-state index in [2.05, 4.69) is 20.9 Å². The monoisotopic (exact) mass is 253 g/mol. The van der Waals surface area contributed by atoms with Gasteiger partial charge in [0.05, 0.1) is 5.60 Å². The molecular formula is C11H12BrNO. The van der Waals surface area contributed by atoms with Gasteiger partial charge < -0.3 is 10.1 Å². The smallest absolute Gasteiger partial charge is 0.0847 e. The molecule has 1 aromatic carbocycles. The zero-order chi connectivity index (χ0) is 10.3. The van der Waals surface area contributed by atoms with Crippen LogP contribution in [0.25, 0.3) is 10.9 Å². The van der Waals surface area contributed by atoms with Gasteiger partial charge in [-0.05, 0) is 37.6 Å². The lowest BCUT2D eigenvalue weighted by molar-refractivity contribution is 0.0801. The second kappa shape index (κ2) is 3.11. The summed E-state index contributed by atoms with van der Waals surface area (Å²) in [4.78, 5) is 3.13. The Bertz CT molecular complexity index is 468. The molecule has 74 valence electrons. The second-order valence-electron chi connectivity index (χ2n) is 3.95. The van der Waals surface area contributed by atoms with E-state index in [4.69, 9.17) is 0 Å². The van der Waals surface area contributed by atoms with Crippen molar-refractivity contribution < 1.29 is 5.11 Å². The first-order chi connectivity index (χ1) is 6.48. The molecule has 0 saturated carbocycles. The summed E-state index contributed by atoms with van der Waals surface area (Å²) in [6, 6.07) is 5.94. The third-order valence-corrected chi connectivity index (χ3v) is 2.75. The zero-order valence-electron chi connectivity index (χ0n) is 8.13. The summed E-state index contributed by atoms with van der Waals surface area (Å²) in [6.07, 6.45) is 1.88. The number of nitrogens with one attached hydrogen (secondary N) is 1. The van der Waals surface area contributed by atoms with Gasteiger partial charge in [-0.15, -0.1) is 0 Å². The number of halogens is 1. The molecule has 0 bridgehead atoms. The maximum absolute atomic E-state index is 10.00. The number of hydrogen-bond donors (Lipinski definition) is 2. The number of aromatic amines is 1. The molecule has 2 aromatic rings. The first kappa shape index (κ1) is 9.74. The highest BCUT2D eigenvalue weighted by Crippen LogP contribution is 2.31. The summed E-state index contributed by atoms with van der Waals surface area (Å²) in [5.74, 6) is 0. The molecule has 0 radical (unpaired) electrons. The SMILES string of the molecule is CC(C)(O)c1cc(Br)cc2[nH]ccc12. The normalized spacial score (nSPS) is 12.3. The predicted octanol–water partition coefficient (Wildman–Crippen LogP) is 3.16. The number of rotatable bonds is 1.